The molecular weight excluding hydrogens is 368 g/mol. The van der Waals surface area contributed by atoms with Crippen LogP contribution in [0.25, 0.3) is 0 Å². The Balaban J connectivity index is 2.56. The predicted molar refractivity (Wildman–Crippen MR) is 99.6 cm³/mol. The van der Waals surface area contributed by atoms with Gasteiger partial charge in [-0.1, -0.05) is 32.8 Å². The molecule has 1 aromatic carbocycles. The van der Waals surface area contributed by atoms with Crippen LogP contribution in [0.3, 0.4) is 0 Å². The standard InChI is InChI=1S/C20H30O8/c1-7-12-19(3,4)25-27-23-17(21)15-10-9-11-16(14-15)18(22)24-28-26-20(5,6)13-8-2/h9-11,14H,7-8,12-13H2,1-6H3. The zero-order chi connectivity index (χ0) is 21.2. The molecule has 0 aromatic heterocycles. The minimum Gasteiger partial charge on any atom is -0.263 e. The lowest BCUT2D eigenvalue weighted by molar-refractivity contribution is -0.513. The first-order valence-electron chi connectivity index (χ1n) is 9.33. The largest absolute Gasteiger partial charge is 0.376 e. The monoisotopic (exact) mass is 398 g/mol. The van der Waals surface area contributed by atoms with Crippen LogP contribution in [0, 0.1) is 0 Å². The normalized spacial score (nSPS) is 11.9. The first-order chi connectivity index (χ1) is 13.1. The van der Waals surface area contributed by atoms with Gasteiger partial charge in [0.15, 0.2) is 0 Å². The molecule has 1 aromatic rings. The molecule has 0 radical (unpaired) electrons. The molecule has 0 heterocycles. The van der Waals surface area contributed by atoms with Gasteiger partial charge in [-0.05, 0) is 68.8 Å². The van der Waals surface area contributed by atoms with Gasteiger partial charge in [-0.25, -0.2) is 9.59 Å². The number of hydrogen-bond acceptors (Lipinski definition) is 8. The van der Waals surface area contributed by atoms with Gasteiger partial charge in [-0.15, -0.1) is 0 Å². The van der Waals surface area contributed by atoms with Crippen molar-refractivity contribution in [2.45, 2.75) is 78.4 Å². The SMILES string of the molecule is CCCC(C)(C)OOOC(=O)c1cccc(C(=O)OOOC(C)(C)CCC)c1. The van der Waals surface area contributed by atoms with Gasteiger partial charge in [-0.3, -0.25) is 9.78 Å². The van der Waals surface area contributed by atoms with E-state index in [-0.39, 0.29) is 11.1 Å². The van der Waals surface area contributed by atoms with Gasteiger partial charge in [-0.2, -0.15) is 9.78 Å². The maximum absolute atomic E-state index is 12.0. The average molecular weight is 398 g/mol. The number of carbonyl (C=O) groups is 2. The van der Waals surface area contributed by atoms with Gasteiger partial charge >= 0.3 is 11.9 Å². The smallest absolute Gasteiger partial charge is 0.263 e. The number of benzene rings is 1. The molecule has 0 saturated carbocycles. The van der Waals surface area contributed by atoms with Crippen LogP contribution in [0.1, 0.15) is 87.9 Å². The van der Waals surface area contributed by atoms with E-state index >= 15 is 0 Å². The Morgan fingerprint density at radius 1 is 0.786 bits per heavy atom. The van der Waals surface area contributed by atoms with Gasteiger partial charge in [0.25, 0.3) is 0 Å². The van der Waals surface area contributed by atoms with Crippen LogP contribution in [0.4, 0.5) is 0 Å². The number of rotatable bonds is 12. The van der Waals surface area contributed by atoms with E-state index in [1.807, 2.05) is 41.5 Å². The maximum atomic E-state index is 12.0. The van der Waals surface area contributed by atoms with Crippen molar-refractivity contribution < 1.29 is 39.2 Å². The molecule has 0 amide bonds. The highest BCUT2D eigenvalue weighted by Crippen LogP contribution is 2.18. The molecule has 0 fully saturated rings. The lowest BCUT2D eigenvalue weighted by Gasteiger charge is -2.21. The Morgan fingerprint density at radius 3 is 1.54 bits per heavy atom. The van der Waals surface area contributed by atoms with Crippen LogP contribution in [-0.2, 0) is 29.6 Å². The molecule has 0 unspecified atom stereocenters. The summed E-state index contributed by atoms with van der Waals surface area (Å²) in [5.41, 5.74) is -1.02. The Morgan fingerprint density at radius 2 is 1.18 bits per heavy atom. The van der Waals surface area contributed by atoms with Crippen LogP contribution in [-0.4, -0.2) is 23.1 Å². The van der Waals surface area contributed by atoms with Crippen molar-refractivity contribution in [2.24, 2.45) is 0 Å². The third-order valence-corrected chi connectivity index (χ3v) is 3.78. The molecule has 158 valence electrons. The van der Waals surface area contributed by atoms with Crippen LogP contribution in [0.15, 0.2) is 24.3 Å². The van der Waals surface area contributed by atoms with Crippen LogP contribution < -0.4 is 0 Å². The van der Waals surface area contributed by atoms with Crippen molar-refractivity contribution in [3.05, 3.63) is 35.4 Å². The van der Waals surface area contributed by atoms with Gasteiger partial charge < -0.3 is 0 Å². The first kappa shape index (κ1) is 24.0. The summed E-state index contributed by atoms with van der Waals surface area (Å²) in [6.07, 6.45) is 3.22. The summed E-state index contributed by atoms with van der Waals surface area (Å²) in [5.74, 6) is -1.63. The number of hydrogen-bond donors (Lipinski definition) is 0. The van der Waals surface area contributed by atoms with Crippen LogP contribution in [0.5, 0.6) is 0 Å². The van der Waals surface area contributed by atoms with Crippen LogP contribution >= 0.6 is 0 Å². The Hall–Kier alpha value is -2.00. The van der Waals surface area contributed by atoms with Crippen molar-refractivity contribution in [3.63, 3.8) is 0 Å². The van der Waals surface area contributed by atoms with Crippen molar-refractivity contribution in [2.75, 3.05) is 0 Å². The van der Waals surface area contributed by atoms with Crippen molar-refractivity contribution >= 4 is 11.9 Å². The zero-order valence-corrected chi connectivity index (χ0v) is 17.4. The minimum atomic E-state index is -0.816. The van der Waals surface area contributed by atoms with Crippen LogP contribution in [0.2, 0.25) is 0 Å². The van der Waals surface area contributed by atoms with E-state index in [0.717, 1.165) is 25.7 Å². The van der Waals surface area contributed by atoms with Gasteiger partial charge in [0.1, 0.15) is 11.2 Å². The van der Waals surface area contributed by atoms with E-state index in [4.69, 9.17) is 9.78 Å². The van der Waals surface area contributed by atoms with Crippen molar-refractivity contribution in [1.29, 1.82) is 0 Å². The molecule has 28 heavy (non-hydrogen) atoms. The topological polar surface area (TPSA) is 89.5 Å². The van der Waals surface area contributed by atoms with E-state index in [9.17, 15) is 9.59 Å². The maximum Gasteiger partial charge on any atom is 0.376 e. The van der Waals surface area contributed by atoms with Gasteiger partial charge in [0.2, 0.25) is 0 Å². The fourth-order valence-corrected chi connectivity index (χ4v) is 2.44. The quantitative estimate of drug-likeness (QED) is 0.363. The molecular formula is C20H30O8. The second kappa shape index (κ2) is 11.1. The molecule has 0 N–H and O–H groups in total. The first-order valence-corrected chi connectivity index (χ1v) is 9.33. The lowest BCUT2D eigenvalue weighted by Crippen LogP contribution is -2.25. The Kier molecular flexibility index (Phi) is 9.54. The fraction of sp³-hybridized carbons (Fsp3) is 0.600. The summed E-state index contributed by atoms with van der Waals surface area (Å²) < 4.78 is 0. The molecule has 0 aliphatic heterocycles. The second-order valence-electron chi connectivity index (χ2n) is 7.64. The minimum absolute atomic E-state index is 0.0820. The summed E-state index contributed by atoms with van der Waals surface area (Å²) in [5, 5.41) is 9.16. The van der Waals surface area contributed by atoms with E-state index in [1.54, 1.807) is 0 Å². The van der Waals surface area contributed by atoms with Crippen molar-refractivity contribution in [1.82, 2.24) is 0 Å². The van der Waals surface area contributed by atoms with E-state index < -0.39 is 23.1 Å². The highest BCUT2D eigenvalue weighted by Gasteiger charge is 2.22. The molecule has 0 aliphatic rings. The van der Waals surface area contributed by atoms with E-state index in [1.165, 1.54) is 24.3 Å². The lowest BCUT2D eigenvalue weighted by atomic mass is 10.0. The molecule has 1 rings (SSSR count). The third kappa shape index (κ3) is 8.79. The molecule has 0 bridgehead atoms. The average Bonchev–Trinajstić information content (AvgIpc) is 2.61. The third-order valence-electron chi connectivity index (χ3n) is 3.78. The summed E-state index contributed by atoms with van der Waals surface area (Å²) >= 11 is 0. The molecule has 0 aliphatic carbocycles. The highest BCUT2D eigenvalue weighted by molar-refractivity contribution is 5.94. The van der Waals surface area contributed by atoms with Gasteiger partial charge in [0.05, 0.1) is 11.1 Å². The molecule has 0 saturated heterocycles. The Bertz CT molecular complexity index is 588. The van der Waals surface area contributed by atoms with Crippen molar-refractivity contribution in [3.8, 4) is 0 Å². The second-order valence-corrected chi connectivity index (χ2v) is 7.64. The summed E-state index contributed by atoms with van der Waals surface area (Å²) in [6, 6.07) is 5.70. The summed E-state index contributed by atoms with van der Waals surface area (Å²) in [4.78, 5) is 43.5. The predicted octanol–water partition coefficient (Wildman–Crippen LogP) is 4.88. The fourth-order valence-electron chi connectivity index (χ4n) is 2.44. The number of carbonyl (C=O) groups excluding carboxylic acids is 2. The summed E-state index contributed by atoms with van der Waals surface area (Å²) in [7, 11) is 0. The highest BCUT2D eigenvalue weighted by atomic mass is 17.5. The molecule has 0 atom stereocenters. The van der Waals surface area contributed by atoms with E-state index in [0.29, 0.717) is 0 Å². The Labute approximate surface area is 165 Å². The molecule has 8 heteroatoms. The molecule has 8 nitrogen and oxygen atoms in total. The summed E-state index contributed by atoms with van der Waals surface area (Å²) in [6.45, 7) is 11.2. The van der Waals surface area contributed by atoms with Gasteiger partial charge in [0, 0.05) is 0 Å². The van der Waals surface area contributed by atoms with E-state index in [2.05, 4.69) is 19.9 Å². The molecule has 0 spiro atoms. The zero-order valence-electron chi connectivity index (χ0n) is 17.4.